The summed E-state index contributed by atoms with van der Waals surface area (Å²) in [7, 11) is 0. The van der Waals surface area contributed by atoms with Crippen molar-refractivity contribution in [3.8, 4) is 11.4 Å². The quantitative estimate of drug-likeness (QED) is 0.205. The Bertz CT molecular complexity index is 1580. The highest BCUT2D eigenvalue weighted by molar-refractivity contribution is 7.98. The first-order valence-corrected chi connectivity index (χ1v) is 15.0. The predicted molar refractivity (Wildman–Crippen MR) is 155 cm³/mol. The Morgan fingerprint density at radius 2 is 1.98 bits per heavy atom. The summed E-state index contributed by atoms with van der Waals surface area (Å²) < 4.78 is 7.54. The van der Waals surface area contributed by atoms with Crippen LogP contribution in [0.2, 0.25) is 0 Å². The molecular formula is C30H32N6O4S. The second-order valence-electron chi connectivity index (χ2n) is 10.6. The van der Waals surface area contributed by atoms with Crippen molar-refractivity contribution in [2.75, 3.05) is 31.6 Å². The maximum absolute atomic E-state index is 13.9. The zero-order valence-corrected chi connectivity index (χ0v) is 23.9. The Morgan fingerprint density at radius 3 is 2.66 bits per heavy atom. The molecule has 11 heteroatoms. The Balaban J connectivity index is 1.44. The summed E-state index contributed by atoms with van der Waals surface area (Å²) in [4.78, 5) is 46.6. The minimum Gasteiger partial charge on any atom is -0.424 e. The van der Waals surface area contributed by atoms with Crippen LogP contribution in [0.25, 0.3) is 5.69 Å². The number of hydrogen-bond acceptors (Lipinski definition) is 8. The number of thioether (sulfide) groups is 1. The smallest absolute Gasteiger partial charge is 0.308 e. The van der Waals surface area contributed by atoms with E-state index in [0.29, 0.717) is 61.1 Å². The number of carbonyl (C=O) groups excluding carboxylic acids is 3. The predicted octanol–water partition coefficient (Wildman–Crippen LogP) is 3.68. The highest BCUT2D eigenvalue weighted by atomic mass is 32.2. The van der Waals surface area contributed by atoms with Crippen LogP contribution in [0, 0.1) is 0 Å². The number of ether oxygens (including phenoxy) is 1. The van der Waals surface area contributed by atoms with E-state index in [4.69, 9.17) is 15.6 Å². The van der Waals surface area contributed by atoms with Crippen LogP contribution in [0.1, 0.15) is 64.6 Å². The molecule has 10 nitrogen and oxygen atoms in total. The van der Waals surface area contributed by atoms with E-state index < -0.39 is 12.0 Å². The molecule has 1 saturated carbocycles. The number of aromatic nitrogens is 3. The van der Waals surface area contributed by atoms with E-state index in [1.54, 1.807) is 15.9 Å². The van der Waals surface area contributed by atoms with Crippen molar-refractivity contribution in [2.24, 2.45) is 0 Å². The second kappa shape index (κ2) is 10.7. The number of nitrogens with zero attached hydrogens (tertiary/aromatic N) is 5. The second-order valence-corrected chi connectivity index (χ2v) is 11.5. The van der Waals surface area contributed by atoms with E-state index in [-0.39, 0.29) is 11.8 Å². The summed E-state index contributed by atoms with van der Waals surface area (Å²) >= 11 is 1.45. The average molecular weight is 573 g/mol. The summed E-state index contributed by atoms with van der Waals surface area (Å²) in [5.41, 5.74) is 11.5. The zero-order valence-electron chi connectivity index (χ0n) is 23.1. The lowest BCUT2D eigenvalue weighted by Crippen LogP contribution is -2.46. The van der Waals surface area contributed by atoms with Crippen LogP contribution in [0.5, 0.6) is 5.75 Å². The number of rotatable bonds is 6. The lowest BCUT2D eigenvalue weighted by Gasteiger charge is -2.38. The first kappa shape index (κ1) is 27.1. The summed E-state index contributed by atoms with van der Waals surface area (Å²) in [6, 6.07) is 7.26. The van der Waals surface area contributed by atoms with Crippen molar-refractivity contribution in [3.05, 3.63) is 71.2 Å². The third-order valence-electron chi connectivity index (χ3n) is 8.02. The van der Waals surface area contributed by atoms with Gasteiger partial charge in [-0.25, -0.2) is 9.67 Å². The fourth-order valence-corrected chi connectivity index (χ4v) is 6.28. The maximum Gasteiger partial charge on any atom is 0.308 e. The van der Waals surface area contributed by atoms with Gasteiger partial charge in [0.2, 0.25) is 5.91 Å². The van der Waals surface area contributed by atoms with Gasteiger partial charge in [-0.3, -0.25) is 14.4 Å². The first-order valence-electron chi connectivity index (χ1n) is 13.7. The molecule has 2 N–H and O–H groups in total. The number of anilines is 1. The molecule has 0 radical (unpaired) electrons. The molecule has 4 heterocycles. The molecule has 0 saturated heterocycles. The monoisotopic (exact) mass is 572 g/mol. The lowest BCUT2D eigenvalue weighted by molar-refractivity contribution is -0.132. The van der Waals surface area contributed by atoms with Crippen LogP contribution in [0.4, 0.5) is 5.69 Å². The number of amides is 2. The normalized spacial score (nSPS) is 18.0. The molecule has 1 atom stereocenters. The number of pyridine rings is 1. The fourth-order valence-electron chi connectivity index (χ4n) is 5.87. The van der Waals surface area contributed by atoms with Gasteiger partial charge in [-0.15, -0.1) is 11.8 Å². The van der Waals surface area contributed by atoms with Gasteiger partial charge in [0, 0.05) is 56.8 Å². The van der Waals surface area contributed by atoms with Crippen LogP contribution in [0.15, 0.2) is 48.1 Å². The molecule has 1 fully saturated rings. The van der Waals surface area contributed by atoms with Crippen LogP contribution in [0.3, 0.4) is 0 Å². The fraction of sp³-hybridized carbons (Fsp3) is 0.367. The largest absolute Gasteiger partial charge is 0.424 e. The van der Waals surface area contributed by atoms with Gasteiger partial charge in [0.1, 0.15) is 5.69 Å². The van der Waals surface area contributed by atoms with Gasteiger partial charge in [-0.1, -0.05) is 12.6 Å². The molecule has 2 aliphatic heterocycles. The number of carbonyl (C=O) groups is 3. The molecule has 2 amide bonds. The summed E-state index contributed by atoms with van der Waals surface area (Å²) in [5, 5.41) is 5.74. The molecular weight excluding hydrogens is 540 g/mol. The zero-order chi connectivity index (χ0) is 28.8. The van der Waals surface area contributed by atoms with Crippen LogP contribution >= 0.6 is 11.8 Å². The number of nitrogen functional groups attached to an aromatic ring is 1. The molecule has 1 aliphatic carbocycles. The highest BCUT2D eigenvalue weighted by Crippen LogP contribution is 2.43. The van der Waals surface area contributed by atoms with Crippen molar-refractivity contribution in [2.45, 2.75) is 49.6 Å². The number of nitrogens with two attached hydrogens (primary N) is 1. The van der Waals surface area contributed by atoms with E-state index in [9.17, 15) is 14.4 Å². The van der Waals surface area contributed by atoms with E-state index >= 15 is 0 Å². The van der Waals surface area contributed by atoms with Crippen molar-refractivity contribution >= 4 is 35.2 Å². The molecule has 212 valence electrons. The van der Waals surface area contributed by atoms with Gasteiger partial charge in [-0.05, 0) is 54.9 Å². The van der Waals surface area contributed by atoms with Crippen molar-refractivity contribution in [1.82, 2.24) is 24.6 Å². The molecule has 3 aliphatic rings. The molecule has 0 unspecified atom stereocenters. The molecule has 1 aromatic carbocycles. The minimum atomic E-state index is -0.441. The van der Waals surface area contributed by atoms with Gasteiger partial charge >= 0.3 is 5.97 Å². The van der Waals surface area contributed by atoms with Crippen LogP contribution in [-0.4, -0.2) is 68.2 Å². The molecule has 2 aromatic heterocycles. The Morgan fingerprint density at radius 1 is 1.17 bits per heavy atom. The summed E-state index contributed by atoms with van der Waals surface area (Å²) in [5.74, 6) is 0.144. The third kappa shape index (κ3) is 4.99. The van der Waals surface area contributed by atoms with Gasteiger partial charge in [0.25, 0.3) is 5.91 Å². The van der Waals surface area contributed by atoms with E-state index in [1.807, 2.05) is 23.1 Å². The van der Waals surface area contributed by atoms with E-state index in [0.717, 1.165) is 40.4 Å². The van der Waals surface area contributed by atoms with Crippen molar-refractivity contribution in [1.29, 1.82) is 0 Å². The molecule has 0 bridgehead atoms. The highest BCUT2D eigenvalue weighted by Gasteiger charge is 2.41. The standard InChI is InChI=1S/C30H32N6O4S/c1-4-28(38)34-11-9-22-29-24(36(33-22)23-8-7-19(18-5-6-18)13-26(23)40-17(2)37)10-12-35(25(29)16-34)30(39)20-15-32-27(41-3)14-21(20)31/h4,7-8,13-15,18,25H,1,5-6,9-12,16H2,2-3H3,(H2,31,32)/t25-/m0/s1. The van der Waals surface area contributed by atoms with Crippen molar-refractivity contribution < 1.29 is 19.1 Å². The average Bonchev–Trinajstić information content (AvgIpc) is 3.77. The number of esters is 1. The molecule has 41 heavy (non-hydrogen) atoms. The molecule has 6 rings (SSSR count). The Kier molecular flexibility index (Phi) is 7.06. The third-order valence-corrected chi connectivity index (χ3v) is 8.66. The Hall–Kier alpha value is -4.12. The maximum atomic E-state index is 13.9. The topological polar surface area (TPSA) is 124 Å². The summed E-state index contributed by atoms with van der Waals surface area (Å²) in [6.07, 6.45) is 8.03. The van der Waals surface area contributed by atoms with Gasteiger partial charge < -0.3 is 20.3 Å². The van der Waals surface area contributed by atoms with Gasteiger partial charge in [-0.2, -0.15) is 5.10 Å². The lowest BCUT2D eigenvalue weighted by atomic mass is 9.94. The number of hydrogen-bond donors (Lipinski definition) is 1. The van der Waals surface area contributed by atoms with Crippen molar-refractivity contribution in [3.63, 3.8) is 0 Å². The van der Waals surface area contributed by atoms with Gasteiger partial charge in [0.15, 0.2) is 5.75 Å². The SMILES string of the molecule is C=CC(=O)N1CCc2nn(-c3ccc(C4CC4)cc3OC(C)=O)c3c2[C@H](C1)N(C(=O)c1cnc(SC)cc1N)CC3. The van der Waals surface area contributed by atoms with Crippen LogP contribution < -0.4 is 10.5 Å². The molecule has 0 spiro atoms. The Labute approximate surface area is 242 Å². The number of benzene rings is 1. The minimum absolute atomic E-state index is 0.194. The van der Waals surface area contributed by atoms with Crippen LogP contribution in [-0.2, 0) is 22.4 Å². The van der Waals surface area contributed by atoms with E-state index in [1.165, 1.54) is 31.0 Å². The molecule has 3 aromatic rings. The first-order chi connectivity index (χ1) is 19.8. The summed E-state index contributed by atoms with van der Waals surface area (Å²) in [6.45, 7) is 6.20. The van der Waals surface area contributed by atoms with E-state index in [2.05, 4.69) is 17.6 Å². The van der Waals surface area contributed by atoms with Gasteiger partial charge in [0.05, 0.1) is 28.0 Å².